The molecule has 4 heteroatoms. The summed E-state index contributed by atoms with van der Waals surface area (Å²) in [5.41, 5.74) is 0.00191. The maximum atomic E-state index is 12.7. The normalized spacial score (nSPS) is 23.3. The highest BCUT2D eigenvalue weighted by Gasteiger charge is 2.30. The van der Waals surface area contributed by atoms with E-state index in [2.05, 4.69) is 19.2 Å². The Labute approximate surface area is 124 Å². The first kappa shape index (κ1) is 16.2. The Kier molecular flexibility index (Phi) is 5.17. The average Bonchev–Trinajstić information content (AvgIpc) is 2.37. The van der Waals surface area contributed by atoms with Crippen molar-refractivity contribution in [2.75, 3.05) is 5.32 Å². The topological polar surface area (TPSA) is 12.0 Å². The van der Waals surface area contributed by atoms with E-state index in [1.165, 1.54) is 25.0 Å². The van der Waals surface area contributed by atoms with Crippen LogP contribution in [0, 0.1) is 11.8 Å². The lowest BCUT2D eigenvalue weighted by Gasteiger charge is -2.31. The largest absolute Gasteiger partial charge is 0.416 e. The van der Waals surface area contributed by atoms with E-state index in [1.54, 1.807) is 6.07 Å². The molecule has 0 radical (unpaired) electrons. The number of nitrogens with one attached hydrogen (secondary N) is 1. The summed E-state index contributed by atoms with van der Waals surface area (Å²) < 4.78 is 38.2. The van der Waals surface area contributed by atoms with Crippen molar-refractivity contribution in [1.29, 1.82) is 0 Å². The minimum absolute atomic E-state index is 0.297. The molecule has 0 bridgehead atoms. The summed E-state index contributed by atoms with van der Waals surface area (Å²) in [7, 11) is 0. The van der Waals surface area contributed by atoms with E-state index >= 15 is 0 Å². The number of hydrogen-bond acceptors (Lipinski definition) is 1. The average molecular weight is 299 g/mol. The van der Waals surface area contributed by atoms with Gasteiger partial charge in [0.1, 0.15) is 0 Å². The SMILES string of the molecule is CC(C)CC1CCCC(Nc2cccc(C(F)(F)F)c2)C1. The lowest BCUT2D eigenvalue weighted by molar-refractivity contribution is -0.137. The molecular weight excluding hydrogens is 275 g/mol. The van der Waals surface area contributed by atoms with Crippen LogP contribution in [-0.2, 0) is 6.18 Å². The van der Waals surface area contributed by atoms with E-state index in [0.717, 1.165) is 25.3 Å². The molecule has 0 amide bonds. The molecule has 1 saturated carbocycles. The van der Waals surface area contributed by atoms with Crippen molar-refractivity contribution < 1.29 is 13.2 Å². The number of benzene rings is 1. The number of hydrogen-bond donors (Lipinski definition) is 1. The van der Waals surface area contributed by atoms with Crippen molar-refractivity contribution in [1.82, 2.24) is 0 Å². The summed E-state index contributed by atoms with van der Waals surface area (Å²) in [6, 6.07) is 5.83. The van der Waals surface area contributed by atoms with Gasteiger partial charge in [-0.25, -0.2) is 0 Å². The van der Waals surface area contributed by atoms with Gasteiger partial charge in [-0.2, -0.15) is 13.2 Å². The van der Waals surface area contributed by atoms with Crippen molar-refractivity contribution in [2.24, 2.45) is 11.8 Å². The van der Waals surface area contributed by atoms with Crippen LogP contribution in [0.4, 0.5) is 18.9 Å². The molecule has 0 saturated heterocycles. The van der Waals surface area contributed by atoms with Crippen LogP contribution in [0.2, 0.25) is 0 Å². The molecule has 2 unspecified atom stereocenters. The molecule has 0 spiro atoms. The Morgan fingerprint density at radius 2 is 2.00 bits per heavy atom. The molecule has 1 aliphatic rings. The fourth-order valence-electron chi connectivity index (χ4n) is 3.32. The smallest absolute Gasteiger partial charge is 0.382 e. The van der Waals surface area contributed by atoms with Gasteiger partial charge in [0.05, 0.1) is 5.56 Å². The van der Waals surface area contributed by atoms with Crippen molar-refractivity contribution >= 4 is 5.69 Å². The Hall–Kier alpha value is -1.19. The second-order valence-electron chi connectivity index (χ2n) is 6.58. The Balaban J connectivity index is 1.98. The fourth-order valence-corrected chi connectivity index (χ4v) is 3.32. The van der Waals surface area contributed by atoms with Gasteiger partial charge in [-0.05, 0) is 49.3 Å². The number of anilines is 1. The number of halogens is 3. The van der Waals surface area contributed by atoms with E-state index in [4.69, 9.17) is 0 Å². The monoisotopic (exact) mass is 299 g/mol. The van der Waals surface area contributed by atoms with Gasteiger partial charge >= 0.3 is 6.18 Å². The summed E-state index contributed by atoms with van der Waals surface area (Å²) in [5.74, 6) is 1.38. The molecule has 1 nitrogen and oxygen atoms in total. The van der Waals surface area contributed by atoms with Crippen molar-refractivity contribution in [3.05, 3.63) is 29.8 Å². The summed E-state index contributed by atoms with van der Waals surface area (Å²) in [6.45, 7) is 4.45. The Bertz CT molecular complexity index is 454. The second-order valence-corrected chi connectivity index (χ2v) is 6.58. The zero-order valence-corrected chi connectivity index (χ0v) is 12.7. The maximum absolute atomic E-state index is 12.7. The lowest BCUT2D eigenvalue weighted by Crippen LogP contribution is -2.28. The van der Waals surface area contributed by atoms with Gasteiger partial charge in [0.15, 0.2) is 0 Å². The molecule has 0 aliphatic heterocycles. The third-order valence-electron chi connectivity index (χ3n) is 4.15. The minimum Gasteiger partial charge on any atom is -0.382 e. The van der Waals surface area contributed by atoms with Crippen molar-refractivity contribution in [3.8, 4) is 0 Å². The zero-order chi connectivity index (χ0) is 15.5. The van der Waals surface area contributed by atoms with Crippen LogP contribution in [-0.4, -0.2) is 6.04 Å². The molecule has 1 aliphatic carbocycles. The van der Waals surface area contributed by atoms with E-state index in [-0.39, 0.29) is 0 Å². The summed E-state index contributed by atoms with van der Waals surface area (Å²) >= 11 is 0. The lowest BCUT2D eigenvalue weighted by atomic mass is 9.81. The standard InChI is InChI=1S/C17H24F3N/c1-12(2)9-13-5-3-7-15(10-13)21-16-8-4-6-14(11-16)17(18,19)20/h4,6,8,11-13,15,21H,3,5,7,9-10H2,1-2H3. The van der Waals surface area contributed by atoms with Gasteiger partial charge in [0.25, 0.3) is 0 Å². The van der Waals surface area contributed by atoms with Gasteiger partial charge < -0.3 is 5.32 Å². The molecule has 2 rings (SSSR count). The Morgan fingerprint density at radius 3 is 2.67 bits per heavy atom. The quantitative estimate of drug-likeness (QED) is 0.749. The van der Waals surface area contributed by atoms with Crippen molar-refractivity contribution in [3.63, 3.8) is 0 Å². The first-order valence-electron chi connectivity index (χ1n) is 7.78. The van der Waals surface area contributed by atoms with Crippen LogP contribution in [0.3, 0.4) is 0 Å². The predicted octanol–water partition coefficient (Wildman–Crippen LogP) is 5.72. The molecule has 0 aromatic heterocycles. The first-order valence-corrected chi connectivity index (χ1v) is 7.78. The van der Waals surface area contributed by atoms with Crippen molar-refractivity contribution in [2.45, 2.75) is 58.2 Å². The summed E-state index contributed by atoms with van der Waals surface area (Å²) in [5, 5.41) is 3.30. The maximum Gasteiger partial charge on any atom is 0.416 e. The first-order chi connectivity index (χ1) is 9.84. The summed E-state index contributed by atoms with van der Waals surface area (Å²) in [6.07, 6.45) is 1.46. The molecule has 21 heavy (non-hydrogen) atoms. The van der Waals surface area contributed by atoms with Crippen LogP contribution in [0.15, 0.2) is 24.3 Å². The Morgan fingerprint density at radius 1 is 1.24 bits per heavy atom. The van der Waals surface area contributed by atoms with Gasteiger partial charge in [-0.1, -0.05) is 32.8 Å². The highest BCUT2D eigenvalue weighted by Crippen LogP contribution is 2.33. The predicted molar refractivity (Wildman–Crippen MR) is 80.3 cm³/mol. The second kappa shape index (κ2) is 6.71. The molecule has 1 aromatic rings. The molecule has 1 aromatic carbocycles. The molecule has 1 N–H and O–H groups in total. The van der Waals surface area contributed by atoms with E-state index in [9.17, 15) is 13.2 Å². The van der Waals surface area contributed by atoms with Crippen LogP contribution >= 0.6 is 0 Å². The van der Waals surface area contributed by atoms with Crippen LogP contribution in [0.25, 0.3) is 0 Å². The highest BCUT2D eigenvalue weighted by molar-refractivity contribution is 5.47. The molecule has 2 atom stereocenters. The third-order valence-corrected chi connectivity index (χ3v) is 4.15. The van der Waals surface area contributed by atoms with E-state index in [1.807, 2.05) is 0 Å². The minimum atomic E-state index is -4.27. The van der Waals surface area contributed by atoms with E-state index in [0.29, 0.717) is 23.6 Å². The van der Waals surface area contributed by atoms with Gasteiger partial charge in [0.2, 0.25) is 0 Å². The van der Waals surface area contributed by atoms with E-state index < -0.39 is 11.7 Å². The van der Waals surface area contributed by atoms with Crippen LogP contribution < -0.4 is 5.32 Å². The third kappa shape index (κ3) is 4.94. The van der Waals surface area contributed by atoms with Gasteiger partial charge in [0, 0.05) is 11.7 Å². The molecular formula is C17H24F3N. The van der Waals surface area contributed by atoms with Gasteiger partial charge in [-0.15, -0.1) is 0 Å². The number of rotatable bonds is 4. The van der Waals surface area contributed by atoms with Crippen LogP contribution in [0.5, 0.6) is 0 Å². The number of alkyl halides is 3. The van der Waals surface area contributed by atoms with Crippen LogP contribution in [0.1, 0.15) is 51.5 Å². The fraction of sp³-hybridized carbons (Fsp3) is 0.647. The molecule has 1 fully saturated rings. The summed E-state index contributed by atoms with van der Waals surface area (Å²) in [4.78, 5) is 0. The zero-order valence-electron chi connectivity index (χ0n) is 12.7. The molecule has 0 heterocycles. The van der Waals surface area contributed by atoms with Gasteiger partial charge in [-0.3, -0.25) is 0 Å². The highest BCUT2D eigenvalue weighted by atomic mass is 19.4. The molecule has 118 valence electrons.